The summed E-state index contributed by atoms with van der Waals surface area (Å²) in [5, 5.41) is 3.15. The highest BCUT2D eigenvalue weighted by molar-refractivity contribution is 5.74. The van der Waals surface area contributed by atoms with Crippen LogP contribution >= 0.6 is 0 Å². The molecular formula is C8H14NO2. The van der Waals surface area contributed by atoms with Crippen LogP contribution in [0.1, 0.15) is 13.3 Å². The molecule has 63 valence electrons. The molecule has 1 fully saturated rings. The van der Waals surface area contributed by atoms with Gasteiger partial charge in [0.2, 0.25) is 0 Å². The summed E-state index contributed by atoms with van der Waals surface area (Å²) in [5.41, 5.74) is 0. The SMILES string of the molecule is CCOC(=O)C1[CH]CNCC1. The molecule has 0 aliphatic carbocycles. The van der Waals surface area contributed by atoms with Crippen LogP contribution in [0.4, 0.5) is 0 Å². The van der Waals surface area contributed by atoms with Crippen molar-refractivity contribution in [2.75, 3.05) is 19.7 Å². The Labute approximate surface area is 67.1 Å². The smallest absolute Gasteiger partial charge is 0.309 e. The Morgan fingerprint density at radius 2 is 2.64 bits per heavy atom. The maximum atomic E-state index is 11.1. The van der Waals surface area contributed by atoms with Gasteiger partial charge in [-0.1, -0.05) is 0 Å². The average Bonchev–Trinajstić information content (AvgIpc) is 2.07. The van der Waals surface area contributed by atoms with Crippen molar-refractivity contribution in [3.05, 3.63) is 6.42 Å². The molecule has 0 saturated carbocycles. The number of ether oxygens (including phenoxy) is 1. The van der Waals surface area contributed by atoms with Crippen LogP contribution in [0.5, 0.6) is 0 Å². The van der Waals surface area contributed by atoms with E-state index in [4.69, 9.17) is 4.74 Å². The minimum absolute atomic E-state index is 0.0243. The molecule has 1 atom stereocenters. The Hall–Kier alpha value is -0.570. The molecule has 1 rings (SSSR count). The van der Waals surface area contributed by atoms with Gasteiger partial charge >= 0.3 is 5.97 Å². The monoisotopic (exact) mass is 156 g/mol. The molecule has 1 unspecified atom stereocenters. The number of hydrogen-bond donors (Lipinski definition) is 1. The Balaban J connectivity index is 2.27. The Bertz CT molecular complexity index is 130. The van der Waals surface area contributed by atoms with E-state index in [-0.39, 0.29) is 11.9 Å². The lowest BCUT2D eigenvalue weighted by Crippen LogP contribution is -2.33. The van der Waals surface area contributed by atoms with Gasteiger partial charge in [-0.3, -0.25) is 4.79 Å². The van der Waals surface area contributed by atoms with Gasteiger partial charge in [-0.15, -0.1) is 0 Å². The van der Waals surface area contributed by atoms with Crippen molar-refractivity contribution >= 4 is 5.97 Å². The predicted molar refractivity (Wildman–Crippen MR) is 41.9 cm³/mol. The molecule has 1 radical (unpaired) electrons. The van der Waals surface area contributed by atoms with Gasteiger partial charge in [0.1, 0.15) is 0 Å². The number of carbonyl (C=O) groups excluding carboxylic acids is 1. The Morgan fingerprint density at radius 1 is 1.82 bits per heavy atom. The zero-order valence-electron chi connectivity index (χ0n) is 6.80. The van der Waals surface area contributed by atoms with Gasteiger partial charge < -0.3 is 10.1 Å². The first-order chi connectivity index (χ1) is 5.34. The first-order valence-corrected chi connectivity index (χ1v) is 4.05. The highest BCUT2D eigenvalue weighted by Crippen LogP contribution is 2.11. The van der Waals surface area contributed by atoms with Crippen molar-refractivity contribution < 1.29 is 9.53 Å². The Kier molecular flexibility index (Phi) is 3.36. The summed E-state index contributed by atoms with van der Waals surface area (Å²) >= 11 is 0. The number of esters is 1. The van der Waals surface area contributed by atoms with Gasteiger partial charge in [0.05, 0.1) is 12.5 Å². The minimum Gasteiger partial charge on any atom is -0.466 e. The lowest BCUT2D eigenvalue weighted by molar-refractivity contribution is -0.147. The van der Waals surface area contributed by atoms with Gasteiger partial charge in [-0.2, -0.15) is 0 Å². The van der Waals surface area contributed by atoms with E-state index in [0.717, 1.165) is 19.5 Å². The maximum absolute atomic E-state index is 11.1. The van der Waals surface area contributed by atoms with Gasteiger partial charge in [0.15, 0.2) is 0 Å². The molecule has 1 aliphatic rings. The highest BCUT2D eigenvalue weighted by atomic mass is 16.5. The zero-order chi connectivity index (χ0) is 8.10. The molecule has 1 aliphatic heterocycles. The number of rotatable bonds is 2. The lowest BCUT2D eigenvalue weighted by Gasteiger charge is -2.20. The van der Waals surface area contributed by atoms with E-state index in [1.54, 1.807) is 0 Å². The first-order valence-electron chi connectivity index (χ1n) is 4.05. The predicted octanol–water partition coefficient (Wildman–Crippen LogP) is 0.363. The number of nitrogens with one attached hydrogen (secondary N) is 1. The lowest BCUT2D eigenvalue weighted by atomic mass is 9.99. The number of piperidine rings is 1. The molecule has 11 heavy (non-hydrogen) atoms. The number of carbonyl (C=O) groups is 1. The van der Waals surface area contributed by atoms with E-state index in [0.29, 0.717) is 6.61 Å². The van der Waals surface area contributed by atoms with E-state index in [1.807, 2.05) is 13.3 Å². The second-order valence-electron chi connectivity index (χ2n) is 2.59. The third-order valence-corrected chi connectivity index (χ3v) is 1.77. The van der Waals surface area contributed by atoms with Crippen LogP contribution in [0.15, 0.2) is 0 Å². The largest absolute Gasteiger partial charge is 0.466 e. The summed E-state index contributed by atoms with van der Waals surface area (Å²) in [5.74, 6) is -0.0507. The van der Waals surface area contributed by atoms with E-state index >= 15 is 0 Å². The standard InChI is InChI=1S/C8H14NO2/c1-2-11-8(10)7-3-5-9-6-4-7/h3,7,9H,2,4-6H2,1H3. The molecule has 1 saturated heterocycles. The van der Waals surface area contributed by atoms with E-state index in [1.165, 1.54) is 0 Å². The van der Waals surface area contributed by atoms with Crippen molar-refractivity contribution in [1.29, 1.82) is 0 Å². The minimum atomic E-state index is -0.0750. The third kappa shape index (κ3) is 2.50. The summed E-state index contributed by atoms with van der Waals surface area (Å²) in [6.45, 7) is 4.05. The van der Waals surface area contributed by atoms with Crippen LogP contribution in [0.25, 0.3) is 0 Å². The summed E-state index contributed by atoms with van der Waals surface area (Å²) in [6.07, 6.45) is 2.85. The fourth-order valence-corrected chi connectivity index (χ4v) is 1.17. The second kappa shape index (κ2) is 4.34. The molecular weight excluding hydrogens is 142 g/mol. The van der Waals surface area contributed by atoms with Gasteiger partial charge in [-0.25, -0.2) is 0 Å². The van der Waals surface area contributed by atoms with Crippen LogP contribution < -0.4 is 5.32 Å². The van der Waals surface area contributed by atoms with Crippen LogP contribution in [0.2, 0.25) is 0 Å². The van der Waals surface area contributed by atoms with Gasteiger partial charge in [0.25, 0.3) is 0 Å². The van der Waals surface area contributed by atoms with Crippen LogP contribution in [0, 0.1) is 12.3 Å². The molecule has 0 aromatic heterocycles. The molecule has 1 N–H and O–H groups in total. The van der Waals surface area contributed by atoms with Crippen molar-refractivity contribution in [2.45, 2.75) is 13.3 Å². The maximum Gasteiger partial charge on any atom is 0.309 e. The normalized spacial score (nSPS) is 19.7. The fraction of sp³-hybridized carbons (Fsp3) is 0.750. The quantitative estimate of drug-likeness (QED) is 0.587. The topological polar surface area (TPSA) is 38.3 Å². The van der Waals surface area contributed by atoms with Crippen LogP contribution in [-0.2, 0) is 9.53 Å². The third-order valence-electron chi connectivity index (χ3n) is 1.77. The van der Waals surface area contributed by atoms with Crippen LogP contribution in [0.3, 0.4) is 0 Å². The molecule has 3 nitrogen and oxygen atoms in total. The van der Waals surface area contributed by atoms with Gasteiger partial charge in [-0.05, 0) is 32.9 Å². The fourth-order valence-electron chi connectivity index (χ4n) is 1.17. The van der Waals surface area contributed by atoms with E-state index in [2.05, 4.69) is 5.32 Å². The molecule has 0 bridgehead atoms. The summed E-state index contributed by atoms with van der Waals surface area (Å²) in [4.78, 5) is 11.1. The van der Waals surface area contributed by atoms with E-state index in [9.17, 15) is 4.79 Å². The summed E-state index contributed by atoms with van der Waals surface area (Å²) < 4.78 is 4.88. The second-order valence-corrected chi connectivity index (χ2v) is 2.59. The molecule has 0 amide bonds. The molecule has 0 aromatic rings. The molecule has 0 spiro atoms. The first kappa shape index (κ1) is 8.53. The van der Waals surface area contributed by atoms with E-state index < -0.39 is 0 Å². The Morgan fingerprint density at radius 3 is 3.18 bits per heavy atom. The molecule has 3 heteroatoms. The van der Waals surface area contributed by atoms with Gasteiger partial charge in [0, 0.05) is 0 Å². The van der Waals surface area contributed by atoms with Crippen molar-refractivity contribution in [3.8, 4) is 0 Å². The van der Waals surface area contributed by atoms with Crippen LogP contribution in [-0.4, -0.2) is 25.7 Å². The summed E-state index contributed by atoms with van der Waals surface area (Å²) in [6, 6.07) is 0. The zero-order valence-corrected chi connectivity index (χ0v) is 6.80. The average molecular weight is 156 g/mol. The highest BCUT2D eigenvalue weighted by Gasteiger charge is 2.21. The van der Waals surface area contributed by atoms with Crippen molar-refractivity contribution in [3.63, 3.8) is 0 Å². The molecule has 0 aromatic carbocycles. The van der Waals surface area contributed by atoms with Crippen molar-refractivity contribution in [1.82, 2.24) is 5.32 Å². The molecule has 1 heterocycles. The number of hydrogen-bond acceptors (Lipinski definition) is 3. The summed E-state index contributed by atoms with van der Waals surface area (Å²) in [7, 11) is 0. The van der Waals surface area contributed by atoms with Crippen molar-refractivity contribution in [2.24, 2.45) is 5.92 Å².